The number of hydrogen-bond acceptors (Lipinski definition) is 2. The monoisotopic (exact) mass is 319 g/mol. The Balaban J connectivity index is 1.58. The van der Waals surface area contributed by atoms with Gasteiger partial charge in [0.2, 0.25) is 0 Å². The van der Waals surface area contributed by atoms with Crippen LogP contribution in [0.15, 0.2) is 60.8 Å². The summed E-state index contributed by atoms with van der Waals surface area (Å²) in [5, 5.41) is 1.08. The largest absolute Gasteiger partial charge is 0.361 e. The maximum atomic E-state index is 12.9. The number of rotatable bonds is 2. The Bertz CT molecular complexity index is 855. The van der Waals surface area contributed by atoms with Gasteiger partial charge < -0.3 is 9.88 Å². The summed E-state index contributed by atoms with van der Waals surface area (Å²) in [7, 11) is 2.13. The second kappa shape index (κ2) is 6.13. The zero-order valence-electron chi connectivity index (χ0n) is 13.8. The van der Waals surface area contributed by atoms with Gasteiger partial charge in [0.1, 0.15) is 0 Å². The Labute approximate surface area is 141 Å². The van der Waals surface area contributed by atoms with Crippen LogP contribution in [0.25, 0.3) is 10.9 Å². The standard InChI is InChI=1S/C20H21N3O/c1-22-11-12-23(14-19(22)15-5-3-2-4-6-15)20(24)17-7-8-18-16(13-17)9-10-21-18/h2-10,13,19,21H,11-12,14H2,1H3/t19-/m0/s1. The molecule has 0 unspecified atom stereocenters. The topological polar surface area (TPSA) is 39.3 Å². The van der Waals surface area contributed by atoms with E-state index < -0.39 is 0 Å². The molecule has 0 aliphatic carbocycles. The Morgan fingerprint density at radius 1 is 1.08 bits per heavy atom. The Kier molecular flexibility index (Phi) is 3.82. The molecule has 1 atom stereocenters. The van der Waals surface area contributed by atoms with Gasteiger partial charge in [0.05, 0.1) is 6.04 Å². The summed E-state index contributed by atoms with van der Waals surface area (Å²) in [6.45, 7) is 2.38. The summed E-state index contributed by atoms with van der Waals surface area (Å²) in [6.07, 6.45) is 1.90. The fourth-order valence-corrected chi connectivity index (χ4v) is 3.46. The summed E-state index contributed by atoms with van der Waals surface area (Å²) < 4.78 is 0. The van der Waals surface area contributed by atoms with E-state index in [1.165, 1.54) is 5.56 Å². The highest BCUT2D eigenvalue weighted by Crippen LogP contribution is 2.25. The average molecular weight is 319 g/mol. The van der Waals surface area contributed by atoms with Crippen LogP contribution in [0.4, 0.5) is 0 Å². The van der Waals surface area contributed by atoms with E-state index in [1.54, 1.807) is 0 Å². The molecule has 0 radical (unpaired) electrons. The molecule has 1 aliphatic heterocycles. The normalized spacial score (nSPS) is 18.9. The molecule has 1 amide bonds. The molecular weight excluding hydrogens is 298 g/mol. The lowest BCUT2D eigenvalue weighted by molar-refractivity contribution is 0.0546. The van der Waals surface area contributed by atoms with E-state index in [0.717, 1.165) is 36.1 Å². The summed E-state index contributed by atoms with van der Waals surface area (Å²) in [5.41, 5.74) is 3.09. The van der Waals surface area contributed by atoms with Gasteiger partial charge in [0.15, 0.2) is 0 Å². The fraction of sp³-hybridized carbons (Fsp3) is 0.250. The molecule has 4 rings (SSSR count). The molecule has 1 aliphatic rings. The van der Waals surface area contributed by atoms with Crippen LogP contribution in [0.2, 0.25) is 0 Å². The first-order valence-corrected chi connectivity index (χ1v) is 8.34. The maximum absolute atomic E-state index is 12.9. The first-order chi connectivity index (χ1) is 11.7. The molecule has 1 saturated heterocycles. The van der Waals surface area contributed by atoms with Crippen LogP contribution in [-0.2, 0) is 0 Å². The lowest BCUT2D eigenvalue weighted by atomic mass is 10.0. The van der Waals surface area contributed by atoms with Gasteiger partial charge in [-0.25, -0.2) is 0 Å². The van der Waals surface area contributed by atoms with E-state index in [0.29, 0.717) is 0 Å². The molecule has 2 aromatic carbocycles. The van der Waals surface area contributed by atoms with Gasteiger partial charge in [-0.15, -0.1) is 0 Å². The molecule has 1 N–H and O–H groups in total. The van der Waals surface area contributed by atoms with Crippen molar-refractivity contribution in [3.8, 4) is 0 Å². The number of carbonyl (C=O) groups excluding carboxylic acids is 1. The lowest BCUT2D eigenvalue weighted by Gasteiger charge is -2.39. The van der Waals surface area contributed by atoms with Crippen molar-refractivity contribution >= 4 is 16.8 Å². The molecular formula is C20H21N3O. The fourth-order valence-electron chi connectivity index (χ4n) is 3.46. The third kappa shape index (κ3) is 2.69. The quantitative estimate of drug-likeness (QED) is 0.787. The van der Waals surface area contributed by atoms with Crippen molar-refractivity contribution in [2.45, 2.75) is 6.04 Å². The molecule has 0 saturated carbocycles. The van der Waals surface area contributed by atoms with E-state index in [2.05, 4.69) is 41.2 Å². The van der Waals surface area contributed by atoms with Crippen LogP contribution in [0, 0.1) is 0 Å². The molecule has 122 valence electrons. The second-order valence-corrected chi connectivity index (χ2v) is 6.44. The van der Waals surface area contributed by atoms with Crippen molar-refractivity contribution < 1.29 is 4.79 Å². The number of benzene rings is 2. The molecule has 0 bridgehead atoms. The third-order valence-electron chi connectivity index (χ3n) is 4.92. The van der Waals surface area contributed by atoms with Crippen molar-refractivity contribution in [3.63, 3.8) is 0 Å². The van der Waals surface area contributed by atoms with Gasteiger partial charge >= 0.3 is 0 Å². The first kappa shape index (κ1) is 15.0. The summed E-state index contributed by atoms with van der Waals surface area (Å²) in [4.78, 5) is 20.4. The molecule has 24 heavy (non-hydrogen) atoms. The first-order valence-electron chi connectivity index (χ1n) is 8.34. The SMILES string of the molecule is CN1CCN(C(=O)c2ccc3[nH]ccc3c2)C[C@H]1c1ccccc1. The van der Waals surface area contributed by atoms with E-state index in [1.807, 2.05) is 41.4 Å². The highest BCUT2D eigenvalue weighted by Gasteiger charge is 2.28. The van der Waals surface area contributed by atoms with Crippen LogP contribution in [0.5, 0.6) is 0 Å². The highest BCUT2D eigenvalue weighted by molar-refractivity contribution is 5.98. The molecule has 1 fully saturated rings. The second-order valence-electron chi connectivity index (χ2n) is 6.44. The smallest absolute Gasteiger partial charge is 0.253 e. The summed E-state index contributed by atoms with van der Waals surface area (Å²) in [6, 6.07) is 18.5. The number of nitrogens with one attached hydrogen (secondary N) is 1. The average Bonchev–Trinajstić information content (AvgIpc) is 3.10. The number of fused-ring (bicyclic) bond motifs is 1. The molecule has 2 heterocycles. The van der Waals surface area contributed by atoms with Crippen LogP contribution >= 0.6 is 0 Å². The predicted molar refractivity (Wildman–Crippen MR) is 96.0 cm³/mol. The zero-order valence-corrected chi connectivity index (χ0v) is 13.8. The van der Waals surface area contributed by atoms with Gasteiger partial charge in [-0.3, -0.25) is 9.69 Å². The van der Waals surface area contributed by atoms with Gasteiger partial charge in [-0.1, -0.05) is 30.3 Å². The van der Waals surface area contributed by atoms with Crippen molar-refractivity contribution in [2.24, 2.45) is 0 Å². The van der Waals surface area contributed by atoms with Crippen molar-refractivity contribution in [1.29, 1.82) is 0 Å². The van der Waals surface area contributed by atoms with Crippen molar-refractivity contribution in [3.05, 3.63) is 71.9 Å². The number of piperazine rings is 1. The Morgan fingerprint density at radius 3 is 2.75 bits per heavy atom. The Morgan fingerprint density at radius 2 is 1.92 bits per heavy atom. The van der Waals surface area contributed by atoms with Gasteiger partial charge in [0, 0.05) is 42.3 Å². The minimum atomic E-state index is 0.118. The lowest BCUT2D eigenvalue weighted by Crippen LogP contribution is -2.49. The minimum absolute atomic E-state index is 0.118. The molecule has 0 spiro atoms. The maximum Gasteiger partial charge on any atom is 0.253 e. The third-order valence-corrected chi connectivity index (χ3v) is 4.92. The van der Waals surface area contributed by atoms with E-state index in [9.17, 15) is 4.79 Å². The number of aromatic nitrogens is 1. The van der Waals surface area contributed by atoms with Gasteiger partial charge in [-0.2, -0.15) is 0 Å². The van der Waals surface area contributed by atoms with Gasteiger partial charge in [0.25, 0.3) is 5.91 Å². The highest BCUT2D eigenvalue weighted by atomic mass is 16.2. The van der Waals surface area contributed by atoms with Crippen molar-refractivity contribution in [1.82, 2.24) is 14.8 Å². The van der Waals surface area contributed by atoms with Crippen LogP contribution in [-0.4, -0.2) is 47.4 Å². The number of nitrogens with zero attached hydrogens (tertiary/aromatic N) is 2. The predicted octanol–water partition coefficient (Wildman–Crippen LogP) is 3.30. The number of amides is 1. The molecule has 1 aromatic heterocycles. The van der Waals surface area contributed by atoms with Crippen LogP contribution in [0.1, 0.15) is 22.0 Å². The van der Waals surface area contributed by atoms with E-state index in [-0.39, 0.29) is 11.9 Å². The van der Waals surface area contributed by atoms with Crippen LogP contribution < -0.4 is 0 Å². The number of carbonyl (C=O) groups is 1. The van der Waals surface area contributed by atoms with Gasteiger partial charge in [-0.05, 0) is 36.9 Å². The number of likely N-dealkylation sites (N-methyl/N-ethyl adjacent to an activating group) is 1. The van der Waals surface area contributed by atoms with E-state index in [4.69, 9.17) is 0 Å². The summed E-state index contributed by atoms with van der Waals surface area (Å²) in [5.74, 6) is 0.118. The van der Waals surface area contributed by atoms with Crippen LogP contribution in [0.3, 0.4) is 0 Å². The Hall–Kier alpha value is -2.59. The molecule has 4 heteroatoms. The summed E-state index contributed by atoms with van der Waals surface area (Å²) >= 11 is 0. The molecule has 3 aromatic rings. The number of hydrogen-bond donors (Lipinski definition) is 1. The zero-order chi connectivity index (χ0) is 16.5. The number of aromatic amines is 1. The molecule has 4 nitrogen and oxygen atoms in total. The van der Waals surface area contributed by atoms with Crippen molar-refractivity contribution in [2.75, 3.05) is 26.7 Å². The van der Waals surface area contributed by atoms with E-state index >= 15 is 0 Å². The number of H-pyrrole nitrogens is 1. The minimum Gasteiger partial charge on any atom is -0.361 e.